The third kappa shape index (κ3) is 3.22. The van der Waals surface area contributed by atoms with Crippen LogP contribution in [0.15, 0.2) is 53.4 Å². The maximum absolute atomic E-state index is 12.5. The van der Waals surface area contributed by atoms with Gasteiger partial charge in [0.15, 0.2) is 5.82 Å². The van der Waals surface area contributed by atoms with Gasteiger partial charge in [-0.25, -0.2) is 8.42 Å². The smallest absolute Gasteiger partial charge is 0.261 e. The van der Waals surface area contributed by atoms with Crippen molar-refractivity contribution in [2.45, 2.75) is 37.6 Å². The summed E-state index contributed by atoms with van der Waals surface area (Å²) in [5, 5.41) is 8.57. The molecule has 0 atom stereocenters. The van der Waals surface area contributed by atoms with Crippen molar-refractivity contribution in [3.63, 3.8) is 0 Å². The van der Waals surface area contributed by atoms with E-state index in [0.29, 0.717) is 5.69 Å². The predicted octanol–water partition coefficient (Wildman–Crippen LogP) is 3.39. The van der Waals surface area contributed by atoms with Crippen molar-refractivity contribution in [2.24, 2.45) is 0 Å². The van der Waals surface area contributed by atoms with E-state index in [4.69, 9.17) is 0 Å². The molecule has 6 nitrogen and oxygen atoms in total. The second-order valence-corrected chi connectivity index (χ2v) is 8.23. The van der Waals surface area contributed by atoms with Crippen molar-refractivity contribution in [2.75, 3.05) is 4.72 Å². The summed E-state index contributed by atoms with van der Waals surface area (Å²) in [7, 11) is -3.59. The number of nitrogens with one attached hydrogen (secondary N) is 1. The highest BCUT2D eigenvalue weighted by molar-refractivity contribution is 7.92. The fourth-order valence-electron chi connectivity index (χ4n) is 3.14. The van der Waals surface area contributed by atoms with Crippen LogP contribution in [-0.4, -0.2) is 23.2 Å². The van der Waals surface area contributed by atoms with Crippen molar-refractivity contribution >= 4 is 15.7 Å². The normalized spacial score (nSPS) is 14.0. The van der Waals surface area contributed by atoms with E-state index in [0.717, 1.165) is 48.6 Å². The Morgan fingerprint density at radius 3 is 2.42 bits per heavy atom. The lowest BCUT2D eigenvalue weighted by molar-refractivity contribution is 0.526. The minimum atomic E-state index is -3.59. The standard InChI is InChI=1S/C19H20N4O2S/c1-14-5-11-17(12-6-14)26(24,25)22-16-9-7-15(8-10-16)19-21-20-18-4-2-3-13-23(18)19/h5-12,22H,2-4,13H2,1H3. The molecule has 2 heterocycles. The van der Waals surface area contributed by atoms with Crippen molar-refractivity contribution in [3.8, 4) is 11.4 Å². The summed E-state index contributed by atoms with van der Waals surface area (Å²) in [5.74, 6) is 1.86. The average Bonchev–Trinajstić information content (AvgIpc) is 3.07. The van der Waals surface area contributed by atoms with E-state index in [1.807, 2.05) is 19.1 Å². The second kappa shape index (κ2) is 6.57. The van der Waals surface area contributed by atoms with Crippen LogP contribution in [0.25, 0.3) is 11.4 Å². The summed E-state index contributed by atoms with van der Waals surface area (Å²) in [5.41, 5.74) is 2.47. The molecule has 0 saturated heterocycles. The molecule has 0 fully saturated rings. The van der Waals surface area contributed by atoms with Gasteiger partial charge < -0.3 is 4.57 Å². The van der Waals surface area contributed by atoms with E-state index in [2.05, 4.69) is 19.5 Å². The zero-order chi connectivity index (χ0) is 18.1. The Morgan fingerprint density at radius 2 is 1.69 bits per heavy atom. The van der Waals surface area contributed by atoms with Crippen LogP contribution in [0.3, 0.4) is 0 Å². The first-order valence-electron chi connectivity index (χ1n) is 8.65. The lowest BCUT2D eigenvalue weighted by Gasteiger charge is -2.15. The van der Waals surface area contributed by atoms with Gasteiger partial charge >= 0.3 is 0 Å². The number of anilines is 1. The van der Waals surface area contributed by atoms with Gasteiger partial charge in [0, 0.05) is 24.2 Å². The van der Waals surface area contributed by atoms with Crippen LogP contribution in [0, 0.1) is 6.92 Å². The molecule has 0 unspecified atom stereocenters. The first-order chi connectivity index (χ1) is 12.5. The van der Waals surface area contributed by atoms with Crippen LogP contribution in [-0.2, 0) is 23.0 Å². The van der Waals surface area contributed by atoms with Crippen LogP contribution < -0.4 is 4.72 Å². The SMILES string of the molecule is Cc1ccc(S(=O)(=O)Nc2ccc(-c3nnc4n3CCCC4)cc2)cc1. The number of hydrogen-bond acceptors (Lipinski definition) is 4. The third-order valence-corrected chi connectivity index (χ3v) is 5.98. The number of aryl methyl sites for hydroxylation is 2. The zero-order valence-corrected chi connectivity index (χ0v) is 15.3. The molecule has 0 saturated carbocycles. The van der Waals surface area contributed by atoms with Gasteiger partial charge in [0.2, 0.25) is 0 Å². The molecule has 1 aliphatic heterocycles. The van der Waals surface area contributed by atoms with E-state index in [-0.39, 0.29) is 4.90 Å². The van der Waals surface area contributed by atoms with Gasteiger partial charge in [0.25, 0.3) is 10.0 Å². The first-order valence-corrected chi connectivity index (χ1v) is 10.1. The van der Waals surface area contributed by atoms with Gasteiger partial charge in [-0.1, -0.05) is 17.7 Å². The Morgan fingerprint density at radius 1 is 0.962 bits per heavy atom. The molecule has 4 rings (SSSR count). The van der Waals surface area contributed by atoms with E-state index in [9.17, 15) is 8.42 Å². The fourth-order valence-corrected chi connectivity index (χ4v) is 4.20. The number of aromatic nitrogens is 3. The molecule has 0 bridgehead atoms. The molecule has 2 aromatic carbocycles. The summed E-state index contributed by atoms with van der Waals surface area (Å²) in [6, 6.07) is 14.0. The van der Waals surface area contributed by atoms with E-state index >= 15 is 0 Å². The monoisotopic (exact) mass is 368 g/mol. The van der Waals surface area contributed by atoms with E-state index < -0.39 is 10.0 Å². The van der Waals surface area contributed by atoms with Gasteiger partial charge in [0.05, 0.1) is 4.90 Å². The van der Waals surface area contributed by atoms with Crippen molar-refractivity contribution < 1.29 is 8.42 Å². The van der Waals surface area contributed by atoms with Crippen molar-refractivity contribution in [1.82, 2.24) is 14.8 Å². The predicted molar refractivity (Wildman–Crippen MR) is 100 cm³/mol. The molecule has 3 aromatic rings. The quantitative estimate of drug-likeness (QED) is 0.766. The van der Waals surface area contributed by atoms with Crippen LogP contribution in [0.5, 0.6) is 0 Å². The van der Waals surface area contributed by atoms with E-state index in [1.165, 1.54) is 0 Å². The van der Waals surface area contributed by atoms with Crippen molar-refractivity contribution in [3.05, 3.63) is 59.9 Å². The molecule has 7 heteroatoms. The molecule has 26 heavy (non-hydrogen) atoms. The Kier molecular flexibility index (Phi) is 4.24. The molecule has 1 N–H and O–H groups in total. The fraction of sp³-hybridized carbons (Fsp3) is 0.263. The highest BCUT2D eigenvalue weighted by Gasteiger charge is 2.17. The lowest BCUT2D eigenvalue weighted by atomic mass is 10.1. The first kappa shape index (κ1) is 16.8. The molecule has 0 amide bonds. The lowest BCUT2D eigenvalue weighted by Crippen LogP contribution is -2.13. The molecular formula is C19H20N4O2S. The summed E-state index contributed by atoms with van der Waals surface area (Å²) in [4.78, 5) is 0.249. The van der Waals surface area contributed by atoms with Gasteiger partial charge in [0.1, 0.15) is 5.82 Å². The zero-order valence-electron chi connectivity index (χ0n) is 14.5. The Bertz CT molecular complexity index is 1020. The third-order valence-electron chi connectivity index (χ3n) is 4.59. The highest BCUT2D eigenvalue weighted by Crippen LogP contribution is 2.25. The Labute approximate surface area is 153 Å². The number of rotatable bonds is 4. The van der Waals surface area contributed by atoms with Crippen LogP contribution in [0.1, 0.15) is 24.2 Å². The number of nitrogens with zero attached hydrogens (tertiary/aromatic N) is 3. The van der Waals surface area contributed by atoms with Gasteiger partial charge in [-0.3, -0.25) is 4.72 Å². The highest BCUT2D eigenvalue weighted by atomic mass is 32.2. The van der Waals surface area contributed by atoms with Gasteiger partial charge in [-0.15, -0.1) is 10.2 Å². The summed E-state index contributed by atoms with van der Waals surface area (Å²) in [6.07, 6.45) is 3.24. The molecule has 1 aliphatic rings. The molecule has 0 aliphatic carbocycles. The topological polar surface area (TPSA) is 76.9 Å². The largest absolute Gasteiger partial charge is 0.311 e. The summed E-state index contributed by atoms with van der Waals surface area (Å²) in [6.45, 7) is 2.85. The molecular weight excluding hydrogens is 348 g/mol. The molecule has 0 radical (unpaired) electrons. The second-order valence-electron chi connectivity index (χ2n) is 6.54. The average molecular weight is 368 g/mol. The summed E-state index contributed by atoms with van der Waals surface area (Å²) < 4.78 is 29.7. The van der Waals surface area contributed by atoms with Crippen LogP contribution in [0.2, 0.25) is 0 Å². The number of sulfonamides is 1. The van der Waals surface area contributed by atoms with Gasteiger partial charge in [-0.2, -0.15) is 0 Å². The Balaban J connectivity index is 1.56. The maximum Gasteiger partial charge on any atom is 0.261 e. The molecule has 134 valence electrons. The van der Waals surface area contributed by atoms with Crippen LogP contribution >= 0.6 is 0 Å². The maximum atomic E-state index is 12.5. The number of benzene rings is 2. The molecule has 0 spiro atoms. The Hall–Kier alpha value is -2.67. The number of hydrogen-bond donors (Lipinski definition) is 1. The van der Waals surface area contributed by atoms with E-state index in [1.54, 1.807) is 36.4 Å². The van der Waals surface area contributed by atoms with Crippen LogP contribution in [0.4, 0.5) is 5.69 Å². The minimum absolute atomic E-state index is 0.249. The van der Waals surface area contributed by atoms with Crippen molar-refractivity contribution in [1.29, 1.82) is 0 Å². The summed E-state index contributed by atoms with van der Waals surface area (Å²) >= 11 is 0. The molecule has 1 aromatic heterocycles. The minimum Gasteiger partial charge on any atom is -0.311 e. The van der Waals surface area contributed by atoms with Gasteiger partial charge in [-0.05, 0) is 56.2 Å². The number of fused-ring (bicyclic) bond motifs is 1.